The lowest BCUT2D eigenvalue weighted by Gasteiger charge is -2.21. The van der Waals surface area contributed by atoms with Gasteiger partial charge in [0.2, 0.25) is 0 Å². The van der Waals surface area contributed by atoms with Crippen molar-refractivity contribution in [3.63, 3.8) is 0 Å². The Bertz CT molecular complexity index is 455. The van der Waals surface area contributed by atoms with Crippen molar-refractivity contribution in [1.82, 2.24) is 0 Å². The maximum absolute atomic E-state index is 10.3. The van der Waals surface area contributed by atoms with E-state index < -0.39 is 6.10 Å². The number of unbranched alkanes of at least 4 members (excludes halogenated alkanes) is 26. The Morgan fingerprint density at radius 3 is 1.05 bits per heavy atom. The number of rotatable bonds is 36. The van der Waals surface area contributed by atoms with Gasteiger partial charge >= 0.3 is 0 Å². The summed E-state index contributed by atoms with van der Waals surface area (Å²) in [6.07, 6.45) is 41.2. The summed E-state index contributed by atoms with van der Waals surface area (Å²) in [5.74, 6) is 0.224. The minimum atomic E-state index is -0.567. The molecule has 0 saturated heterocycles. The Morgan fingerprint density at radius 1 is 0.390 bits per heavy atom. The van der Waals surface area contributed by atoms with Crippen molar-refractivity contribution in [2.24, 2.45) is 5.92 Å². The number of ether oxygens (including phenoxy) is 1. The predicted molar refractivity (Wildman–Crippen MR) is 182 cm³/mol. The molecule has 0 aromatic carbocycles. The van der Waals surface area contributed by atoms with Crippen LogP contribution in [0.15, 0.2) is 0 Å². The number of aliphatic hydroxyl groups excluding tert-OH is 2. The van der Waals surface area contributed by atoms with Crippen LogP contribution in [0.4, 0.5) is 0 Å². The molecule has 0 rings (SSSR count). The Hall–Kier alpha value is -0.120. The van der Waals surface area contributed by atoms with E-state index in [2.05, 4.69) is 13.8 Å². The molecule has 0 fully saturated rings. The summed E-state index contributed by atoms with van der Waals surface area (Å²) in [5.41, 5.74) is 0. The third-order valence-electron chi connectivity index (χ3n) is 9.17. The minimum Gasteiger partial charge on any atom is -0.394 e. The smallest absolute Gasteiger partial charge is 0.0799 e. The molecule has 2 N–H and O–H groups in total. The van der Waals surface area contributed by atoms with E-state index in [1.165, 1.54) is 180 Å². The van der Waals surface area contributed by atoms with Gasteiger partial charge in [-0.05, 0) is 31.6 Å². The predicted octanol–water partition coefficient (Wildman–Crippen LogP) is 12.1. The molecule has 0 aliphatic heterocycles. The van der Waals surface area contributed by atoms with Crippen LogP contribution in [0.5, 0.6) is 0 Å². The Kier molecular flexibility index (Phi) is 36.0. The Labute approximate surface area is 259 Å². The van der Waals surface area contributed by atoms with Crippen molar-refractivity contribution >= 4 is 0 Å². The van der Waals surface area contributed by atoms with E-state index in [0.717, 1.165) is 32.5 Å². The van der Waals surface area contributed by atoms with Crippen molar-refractivity contribution < 1.29 is 14.9 Å². The van der Waals surface area contributed by atoms with Crippen molar-refractivity contribution in [3.05, 3.63) is 0 Å². The van der Waals surface area contributed by atoms with E-state index in [-0.39, 0.29) is 12.5 Å². The highest BCUT2D eigenvalue weighted by Gasteiger charge is 2.17. The quantitative estimate of drug-likeness (QED) is 0.0722. The minimum absolute atomic E-state index is 0.108. The van der Waals surface area contributed by atoms with Crippen LogP contribution in [0.3, 0.4) is 0 Å². The van der Waals surface area contributed by atoms with Crippen molar-refractivity contribution in [3.8, 4) is 0 Å². The molecule has 0 radical (unpaired) electrons. The molecule has 0 aromatic rings. The highest BCUT2D eigenvalue weighted by Crippen LogP contribution is 2.21. The molecule has 0 aromatic heterocycles. The first-order valence-electron chi connectivity index (χ1n) is 19.1. The van der Waals surface area contributed by atoms with Crippen LogP contribution >= 0.6 is 0 Å². The van der Waals surface area contributed by atoms with E-state index in [1.54, 1.807) is 0 Å². The first kappa shape index (κ1) is 40.9. The molecule has 0 heterocycles. The zero-order chi connectivity index (χ0) is 29.9. The van der Waals surface area contributed by atoms with Crippen molar-refractivity contribution in [2.45, 2.75) is 219 Å². The van der Waals surface area contributed by atoms with Crippen molar-refractivity contribution in [1.29, 1.82) is 0 Å². The fraction of sp³-hybridized carbons (Fsp3) is 1.00. The summed E-state index contributed by atoms with van der Waals surface area (Å²) in [5, 5.41) is 19.7. The summed E-state index contributed by atoms with van der Waals surface area (Å²) in [6.45, 7) is 6.14. The average molecular weight is 583 g/mol. The topological polar surface area (TPSA) is 49.7 Å². The van der Waals surface area contributed by atoms with E-state index >= 15 is 0 Å². The second-order valence-corrected chi connectivity index (χ2v) is 13.2. The van der Waals surface area contributed by atoms with Crippen LogP contribution in [0.25, 0.3) is 0 Å². The molecule has 0 spiro atoms. The Morgan fingerprint density at radius 2 is 0.683 bits per heavy atom. The van der Waals surface area contributed by atoms with Gasteiger partial charge in [0.1, 0.15) is 0 Å². The molecule has 2 atom stereocenters. The molecule has 2 unspecified atom stereocenters. The largest absolute Gasteiger partial charge is 0.394 e. The maximum atomic E-state index is 10.3. The van der Waals surface area contributed by atoms with Crippen LogP contribution in [0.2, 0.25) is 0 Å². The maximum Gasteiger partial charge on any atom is 0.0799 e. The lowest BCUT2D eigenvalue weighted by atomic mass is 9.91. The molecule has 0 saturated carbocycles. The molecule has 41 heavy (non-hydrogen) atoms. The summed E-state index contributed by atoms with van der Waals surface area (Å²) in [6, 6.07) is 0. The van der Waals surface area contributed by atoms with E-state index in [1.807, 2.05) is 0 Å². The lowest BCUT2D eigenvalue weighted by Crippen LogP contribution is -2.24. The third kappa shape index (κ3) is 32.6. The molecule has 0 bridgehead atoms. The Balaban J connectivity index is 3.44. The summed E-state index contributed by atoms with van der Waals surface area (Å²) < 4.78 is 5.89. The first-order chi connectivity index (χ1) is 20.3. The van der Waals surface area contributed by atoms with Crippen LogP contribution in [-0.4, -0.2) is 36.1 Å². The lowest BCUT2D eigenvalue weighted by molar-refractivity contribution is 0.0335. The van der Waals surface area contributed by atoms with Gasteiger partial charge in [0, 0.05) is 13.2 Å². The van der Waals surface area contributed by atoms with Gasteiger partial charge in [0.15, 0.2) is 0 Å². The second kappa shape index (κ2) is 36.1. The zero-order valence-electron chi connectivity index (χ0n) is 28.5. The molecule has 0 amide bonds. The molecule has 3 heteroatoms. The third-order valence-corrected chi connectivity index (χ3v) is 9.17. The highest BCUT2D eigenvalue weighted by atomic mass is 16.5. The van der Waals surface area contributed by atoms with E-state index in [0.29, 0.717) is 0 Å². The fourth-order valence-corrected chi connectivity index (χ4v) is 6.23. The van der Waals surface area contributed by atoms with E-state index in [4.69, 9.17) is 4.74 Å². The molecular formula is C38H78O3. The van der Waals surface area contributed by atoms with Gasteiger partial charge in [-0.1, -0.05) is 187 Å². The normalized spacial score (nSPS) is 13.2. The zero-order valence-corrected chi connectivity index (χ0v) is 28.5. The van der Waals surface area contributed by atoms with Gasteiger partial charge in [0.05, 0.1) is 12.7 Å². The van der Waals surface area contributed by atoms with E-state index in [9.17, 15) is 10.2 Å². The second-order valence-electron chi connectivity index (χ2n) is 13.2. The number of hydrogen-bond donors (Lipinski definition) is 2. The average Bonchev–Trinajstić information content (AvgIpc) is 2.99. The number of hydrogen-bond acceptors (Lipinski definition) is 3. The number of aliphatic hydroxyl groups is 2. The van der Waals surface area contributed by atoms with Crippen LogP contribution in [0, 0.1) is 5.92 Å². The first-order valence-corrected chi connectivity index (χ1v) is 19.1. The SMILES string of the molecule is CCCCCCCCCCCCCCCCCCOCCCC(CCCCCCCCCCCCCC)C(O)CO. The molecular weight excluding hydrogens is 504 g/mol. The van der Waals surface area contributed by atoms with Crippen LogP contribution in [-0.2, 0) is 4.74 Å². The summed E-state index contributed by atoms with van der Waals surface area (Å²) in [7, 11) is 0. The fourth-order valence-electron chi connectivity index (χ4n) is 6.23. The van der Waals surface area contributed by atoms with Gasteiger partial charge in [-0.15, -0.1) is 0 Å². The van der Waals surface area contributed by atoms with Gasteiger partial charge in [-0.3, -0.25) is 0 Å². The molecule has 0 aliphatic rings. The molecule has 248 valence electrons. The van der Waals surface area contributed by atoms with Crippen molar-refractivity contribution in [2.75, 3.05) is 19.8 Å². The van der Waals surface area contributed by atoms with Gasteiger partial charge in [0.25, 0.3) is 0 Å². The van der Waals surface area contributed by atoms with Gasteiger partial charge in [-0.25, -0.2) is 0 Å². The highest BCUT2D eigenvalue weighted by molar-refractivity contribution is 4.69. The van der Waals surface area contributed by atoms with Gasteiger partial charge < -0.3 is 14.9 Å². The standard InChI is InChI=1S/C38H78O3/c1-3-5-7-9-11-13-15-17-18-19-20-22-24-26-28-30-34-41-35-31-33-37(38(40)36-39)32-29-27-25-23-21-16-14-12-10-8-6-4-2/h37-40H,3-36H2,1-2H3. The molecule has 0 aliphatic carbocycles. The van der Waals surface area contributed by atoms with Crippen LogP contribution < -0.4 is 0 Å². The monoisotopic (exact) mass is 583 g/mol. The molecule has 3 nitrogen and oxygen atoms in total. The van der Waals surface area contributed by atoms with Gasteiger partial charge in [-0.2, -0.15) is 0 Å². The summed E-state index contributed by atoms with van der Waals surface area (Å²) in [4.78, 5) is 0. The summed E-state index contributed by atoms with van der Waals surface area (Å²) >= 11 is 0. The van der Waals surface area contributed by atoms with Crippen LogP contribution in [0.1, 0.15) is 213 Å².